The zero-order chi connectivity index (χ0) is 20.4. The van der Waals surface area contributed by atoms with Gasteiger partial charge >= 0.3 is 0 Å². The summed E-state index contributed by atoms with van der Waals surface area (Å²) in [5, 5.41) is 2.89. The molecular weight excluding hydrogens is 362 g/mol. The standard InChI is InChI=1S/C24H23N3O2/c1-16-9-11-18(12-10-16)21(14-22(28)26-23-17(2)6-5-13-25-23)27-15-19-7-3-4-8-20(19)24(27)29/h3-13,21H,14-15H2,1-2H3,(H,25,26,28). The average Bonchev–Trinajstić information content (AvgIpc) is 3.05. The second kappa shape index (κ2) is 7.87. The maximum absolute atomic E-state index is 13.1. The normalized spacial score (nSPS) is 13.9. The second-order valence-electron chi connectivity index (χ2n) is 7.44. The van der Waals surface area contributed by atoms with Crippen LogP contribution in [-0.2, 0) is 11.3 Å². The predicted octanol–water partition coefficient (Wildman–Crippen LogP) is 4.42. The van der Waals surface area contributed by atoms with E-state index in [1.807, 2.05) is 74.5 Å². The molecule has 1 N–H and O–H groups in total. The molecule has 0 spiro atoms. The third-order valence-electron chi connectivity index (χ3n) is 5.33. The van der Waals surface area contributed by atoms with Crippen molar-refractivity contribution >= 4 is 17.6 Å². The number of aromatic nitrogens is 1. The third-order valence-corrected chi connectivity index (χ3v) is 5.33. The number of fused-ring (bicyclic) bond motifs is 1. The van der Waals surface area contributed by atoms with Crippen molar-refractivity contribution in [2.75, 3.05) is 5.32 Å². The molecule has 0 saturated carbocycles. The number of hydrogen-bond acceptors (Lipinski definition) is 3. The highest BCUT2D eigenvalue weighted by Gasteiger charge is 2.34. The number of amides is 2. The van der Waals surface area contributed by atoms with Crippen LogP contribution in [-0.4, -0.2) is 21.7 Å². The van der Waals surface area contributed by atoms with E-state index in [-0.39, 0.29) is 24.3 Å². The molecule has 0 saturated heterocycles. The molecule has 2 heterocycles. The summed E-state index contributed by atoms with van der Waals surface area (Å²) in [4.78, 5) is 32.0. The molecule has 1 aliphatic rings. The lowest BCUT2D eigenvalue weighted by Crippen LogP contribution is -2.32. The minimum absolute atomic E-state index is 0.0343. The van der Waals surface area contributed by atoms with Crippen molar-refractivity contribution in [3.63, 3.8) is 0 Å². The van der Waals surface area contributed by atoms with Crippen LogP contribution in [0.1, 0.15) is 45.1 Å². The van der Waals surface area contributed by atoms with Gasteiger partial charge < -0.3 is 10.2 Å². The Balaban J connectivity index is 1.61. The van der Waals surface area contributed by atoms with Crippen LogP contribution in [0.15, 0.2) is 66.9 Å². The number of rotatable bonds is 5. The summed E-state index contributed by atoms with van der Waals surface area (Å²) in [5.74, 6) is 0.352. The lowest BCUT2D eigenvalue weighted by Gasteiger charge is -2.28. The Morgan fingerprint density at radius 1 is 1.07 bits per heavy atom. The predicted molar refractivity (Wildman–Crippen MR) is 112 cm³/mol. The summed E-state index contributed by atoms with van der Waals surface area (Å²) < 4.78 is 0. The first kappa shape index (κ1) is 18.9. The monoisotopic (exact) mass is 385 g/mol. The molecule has 5 heteroatoms. The highest BCUT2D eigenvalue weighted by Crippen LogP contribution is 2.33. The summed E-state index contributed by atoms with van der Waals surface area (Å²) in [5.41, 5.74) is 4.69. The van der Waals surface area contributed by atoms with Crippen LogP contribution in [0.25, 0.3) is 0 Å². The van der Waals surface area contributed by atoms with Gasteiger partial charge in [-0.1, -0.05) is 54.1 Å². The van der Waals surface area contributed by atoms with E-state index in [0.717, 1.165) is 22.3 Å². The van der Waals surface area contributed by atoms with Gasteiger partial charge in [0.05, 0.1) is 12.5 Å². The SMILES string of the molecule is Cc1ccc(C(CC(=O)Nc2ncccc2C)N2Cc3ccccc3C2=O)cc1. The highest BCUT2D eigenvalue weighted by atomic mass is 16.2. The quantitative estimate of drug-likeness (QED) is 0.707. The molecule has 1 unspecified atom stereocenters. The second-order valence-corrected chi connectivity index (χ2v) is 7.44. The van der Waals surface area contributed by atoms with Gasteiger partial charge in [-0.05, 0) is 42.7 Å². The Kier molecular flexibility index (Phi) is 5.12. The van der Waals surface area contributed by atoms with Crippen molar-refractivity contribution in [2.45, 2.75) is 32.9 Å². The molecule has 1 atom stereocenters. The van der Waals surface area contributed by atoms with E-state index in [9.17, 15) is 9.59 Å². The Morgan fingerprint density at radius 3 is 2.55 bits per heavy atom. The number of carbonyl (C=O) groups is 2. The molecule has 2 aromatic carbocycles. The van der Waals surface area contributed by atoms with Gasteiger partial charge in [-0.2, -0.15) is 0 Å². The topological polar surface area (TPSA) is 62.3 Å². The van der Waals surface area contributed by atoms with Crippen LogP contribution in [0, 0.1) is 13.8 Å². The van der Waals surface area contributed by atoms with Crippen molar-refractivity contribution < 1.29 is 9.59 Å². The number of aryl methyl sites for hydroxylation is 2. The van der Waals surface area contributed by atoms with E-state index < -0.39 is 0 Å². The zero-order valence-electron chi connectivity index (χ0n) is 16.6. The Morgan fingerprint density at radius 2 is 1.83 bits per heavy atom. The average molecular weight is 385 g/mol. The van der Waals surface area contributed by atoms with Gasteiger partial charge in [-0.3, -0.25) is 9.59 Å². The van der Waals surface area contributed by atoms with E-state index >= 15 is 0 Å². The number of nitrogens with zero attached hydrogens (tertiary/aromatic N) is 2. The van der Waals surface area contributed by atoms with Gasteiger partial charge in [0.25, 0.3) is 5.91 Å². The summed E-state index contributed by atoms with van der Waals surface area (Å²) in [6.07, 6.45) is 1.82. The molecule has 0 radical (unpaired) electrons. The van der Waals surface area contributed by atoms with Crippen molar-refractivity contribution in [3.8, 4) is 0 Å². The number of hydrogen-bond donors (Lipinski definition) is 1. The van der Waals surface area contributed by atoms with Gasteiger partial charge in [0.1, 0.15) is 5.82 Å². The number of anilines is 1. The summed E-state index contributed by atoms with van der Waals surface area (Å²) >= 11 is 0. The Hall–Kier alpha value is -3.47. The minimum atomic E-state index is -0.348. The fraction of sp³-hybridized carbons (Fsp3) is 0.208. The zero-order valence-corrected chi connectivity index (χ0v) is 16.6. The van der Waals surface area contributed by atoms with E-state index in [1.165, 1.54) is 0 Å². The van der Waals surface area contributed by atoms with Crippen LogP contribution in [0.2, 0.25) is 0 Å². The molecule has 3 aromatic rings. The molecule has 29 heavy (non-hydrogen) atoms. The first-order chi connectivity index (χ1) is 14.0. The molecule has 0 fully saturated rings. The van der Waals surface area contributed by atoms with Gasteiger partial charge in [0.2, 0.25) is 5.91 Å². The molecule has 4 rings (SSSR count). The number of pyridine rings is 1. The fourth-order valence-corrected chi connectivity index (χ4v) is 3.70. The molecule has 0 bridgehead atoms. The number of benzene rings is 2. The van der Waals surface area contributed by atoms with Crippen molar-refractivity contribution in [2.24, 2.45) is 0 Å². The molecule has 2 amide bonds. The van der Waals surface area contributed by atoms with E-state index in [0.29, 0.717) is 17.9 Å². The van der Waals surface area contributed by atoms with Gasteiger partial charge in [-0.25, -0.2) is 4.98 Å². The van der Waals surface area contributed by atoms with E-state index in [2.05, 4.69) is 10.3 Å². The number of nitrogens with one attached hydrogen (secondary N) is 1. The smallest absolute Gasteiger partial charge is 0.255 e. The molecular formula is C24H23N3O2. The van der Waals surface area contributed by atoms with Crippen LogP contribution in [0.4, 0.5) is 5.82 Å². The molecule has 5 nitrogen and oxygen atoms in total. The van der Waals surface area contributed by atoms with Crippen LogP contribution in [0.5, 0.6) is 0 Å². The van der Waals surface area contributed by atoms with E-state index in [1.54, 1.807) is 11.1 Å². The van der Waals surface area contributed by atoms with Crippen molar-refractivity contribution in [3.05, 3.63) is 94.7 Å². The fourth-order valence-electron chi connectivity index (χ4n) is 3.70. The minimum Gasteiger partial charge on any atom is -0.327 e. The third kappa shape index (κ3) is 3.90. The molecule has 146 valence electrons. The maximum Gasteiger partial charge on any atom is 0.255 e. The van der Waals surface area contributed by atoms with Gasteiger partial charge in [0.15, 0.2) is 0 Å². The first-order valence-corrected chi connectivity index (χ1v) is 9.70. The molecule has 1 aliphatic heterocycles. The Bertz CT molecular complexity index is 1060. The summed E-state index contributed by atoms with van der Waals surface area (Å²) in [7, 11) is 0. The molecule has 0 aliphatic carbocycles. The summed E-state index contributed by atoms with van der Waals surface area (Å²) in [6, 6.07) is 19.0. The molecule has 1 aromatic heterocycles. The van der Waals surface area contributed by atoms with Gasteiger partial charge in [-0.15, -0.1) is 0 Å². The maximum atomic E-state index is 13.1. The van der Waals surface area contributed by atoms with Gasteiger partial charge in [0, 0.05) is 18.3 Å². The summed E-state index contributed by atoms with van der Waals surface area (Å²) in [6.45, 7) is 4.43. The lowest BCUT2D eigenvalue weighted by molar-refractivity contribution is -0.117. The van der Waals surface area contributed by atoms with Crippen LogP contribution in [0.3, 0.4) is 0 Å². The van der Waals surface area contributed by atoms with E-state index in [4.69, 9.17) is 0 Å². The Labute approximate surface area is 170 Å². The van der Waals surface area contributed by atoms with Crippen LogP contribution < -0.4 is 5.32 Å². The highest BCUT2D eigenvalue weighted by molar-refractivity contribution is 5.99. The van der Waals surface area contributed by atoms with Crippen LogP contribution >= 0.6 is 0 Å². The lowest BCUT2D eigenvalue weighted by atomic mass is 10.00. The largest absolute Gasteiger partial charge is 0.327 e. The van der Waals surface area contributed by atoms with Crippen molar-refractivity contribution in [1.82, 2.24) is 9.88 Å². The number of carbonyl (C=O) groups excluding carboxylic acids is 2. The van der Waals surface area contributed by atoms with Crippen molar-refractivity contribution in [1.29, 1.82) is 0 Å². The first-order valence-electron chi connectivity index (χ1n) is 9.70.